The highest BCUT2D eigenvalue weighted by molar-refractivity contribution is 9.10. The molecule has 29 heavy (non-hydrogen) atoms. The van der Waals surface area contributed by atoms with E-state index in [1.54, 1.807) is 13.8 Å². The second kappa shape index (κ2) is 7.33. The molecular formula is C23H19BrF3OS+. The van der Waals surface area contributed by atoms with Crippen LogP contribution in [0, 0.1) is 20.8 Å². The number of hydrogen-bond acceptors (Lipinski definition) is 1. The predicted octanol–water partition coefficient (Wildman–Crippen LogP) is 8.36. The molecule has 4 aromatic rings. The topological polar surface area (TPSA) is 9.23 Å². The van der Waals surface area contributed by atoms with Gasteiger partial charge in [0.15, 0.2) is 20.9 Å². The Morgan fingerprint density at radius 1 is 0.862 bits per heavy atom. The minimum Gasteiger partial charge on any atom is -0.484 e. The van der Waals surface area contributed by atoms with Gasteiger partial charge in [0, 0.05) is 43.9 Å². The summed E-state index contributed by atoms with van der Waals surface area (Å²) in [5.74, 6) is 0.314. The molecule has 150 valence electrons. The van der Waals surface area contributed by atoms with Crippen LogP contribution in [0.5, 0.6) is 5.75 Å². The molecular weight excluding hydrogens is 461 g/mol. The Kier molecular flexibility index (Phi) is 5.11. The zero-order chi connectivity index (χ0) is 20.9. The average molecular weight is 480 g/mol. The van der Waals surface area contributed by atoms with Crippen molar-refractivity contribution in [1.82, 2.24) is 0 Å². The molecule has 0 saturated carbocycles. The van der Waals surface area contributed by atoms with Gasteiger partial charge in [-0.2, -0.15) is 13.2 Å². The molecule has 0 radical (unpaired) electrons. The Bertz CT molecular complexity index is 1160. The summed E-state index contributed by atoms with van der Waals surface area (Å²) >= 11 is 3.57. The summed E-state index contributed by atoms with van der Waals surface area (Å²) in [7, 11) is -0.306. The van der Waals surface area contributed by atoms with E-state index in [-0.39, 0.29) is 10.5 Å². The minimum absolute atomic E-state index is 0.306. The summed E-state index contributed by atoms with van der Waals surface area (Å²) in [5, 5.41) is 2.42. The Morgan fingerprint density at radius 3 is 2.07 bits per heavy atom. The van der Waals surface area contributed by atoms with Gasteiger partial charge in [0.25, 0.3) is 0 Å². The third-order valence-electron chi connectivity index (χ3n) is 4.86. The van der Waals surface area contributed by atoms with Crippen LogP contribution >= 0.6 is 26.4 Å². The van der Waals surface area contributed by atoms with E-state index < -0.39 is 12.8 Å². The van der Waals surface area contributed by atoms with Gasteiger partial charge in [-0.15, -0.1) is 0 Å². The fraction of sp³-hybridized carbons (Fsp3) is 0.217. The zero-order valence-electron chi connectivity index (χ0n) is 16.2. The van der Waals surface area contributed by atoms with Crippen molar-refractivity contribution in [2.45, 2.75) is 26.9 Å². The lowest BCUT2D eigenvalue weighted by atomic mass is 10.1. The molecule has 0 N–H and O–H groups in total. The van der Waals surface area contributed by atoms with Gasteiger partial charge in [-0.1, -0.05) is 27.6 Å². The molecule has 6 heteroatoms. The average Bonchev–Trinajstić information content (AvgIpc) is 2.93. The molecule has 1 nitrogen and oxygen atoms in total. The van der Waals surface area contributed by atoms with E-state index in [1.807, 2.05) is 18.2 Å². The second-order valence-electron chi connectivity index (χ2n) is 7.24. The van der Waals surface area contributed by atoms with Crippen LogP contribution in [0.1, 0.15) is 16.7 Å². The molecule has 3 aromatic carbocycles. The molecule has 1 unspecified atom stereocenters. The largest absolute Gasteiger partial charge is 0.484 e. The molecule has 0 spiro atoms. The van der Waals surface area contributed by atoms with Gasteiger partial charge in [0.05, 0.1) is 0 Å². The Labute approximate surface area is 178 Å². The maximum atomic E-state index is 12.6. The summed E-state index contributed by atoms with van der Waals surface area (Å²) in [6.45, 7) is 4.41. The lowest BCUT2D eigenvalue weighted by Gasteiger charge is -2.13. The van der Waals surface area contributed by atoms with Crippen molar-refractivity contribution in [3.63, 3.8) is 0 Å². The highest BCUT2D eigenvalue weighted by Crippen LogP contribution is 2.50. The number of rotatable bonds is 3. The molecule has 0 aliphatic rings. The number of ether oxygens (including phenoxy) is 1. The Morgan fingerprint density at radius 2 is 1.45 bits per heavy atom. The first-order chi connectivity index (χ1) is 13.6. The van der Waals surface area contributed by atoms with Crippen LogP contribution in [0.3, 0.4) is 0 Å². The molecule has 1 atom stereocenters. The van der Waals surface area contributed by atoms with E-state index in [9.17, 15) is 13.2 Å². The van der Waals surface area contributed by atoms with E-state index in [1.165, 1.54) is 25.7 Å². The first-order valence-electron chi connectivity index (χ1n) is 9.10. The third kappa shape index (κ3) is 3.88. The molecule has 0 amide bonds. The number of halogens is 4. The second-order valence-corrected chi connectivity index (χ2v) is 10.1. The minimum atomic E-state index is -4.35. The molecule has 1 aromatic heterocycles. The van der Waals surface area contributed by atoms with E-state index in [4.69, 9.17) is 4.74 Å². The van der Waals surface area contributed by atoms with E-state index in [0.29, 0.717) is 5.75 Å². The van der Waals surface area contributed by atoms with Gasteiger partial charge in [-0.05, 0) is 56.2 Å². The molecule has 0 aliphatic carbocycles. The summed E-state index contributed by atoms with van der Waals surface area (Å²) in [4.78, 5) is 1.09. The van der Waals surface area contributed by atoms with Gasteiger partial charge >= 0.3 is 6.18 Å². The number of fused-ring (bicyclic) bond motifs is 3. The molecule has 0 bridgehead atoms. The van der Waals surface area contributed by atoms with E-state index in [0.717, 1.165) is 20.5 Å². The van der Waals surface area contributed by atoms with Crippen molar-refractivity contribution >= 4 is 46.6 Å². The van der Waals surface area contributed by atoms with E-state index >= 15 is 0 Å². The fourth-order valence-electron chi connectivity index (χ4n) is 3.71. The van der Waals surface area contributed by atoms with Gasteiger partial charge in [-0.25, -0.2) is 0 Å². The maximum Gasteiger partial charge on any atom is 0.422 e. The van der Waals surface area contributed by atoms with Crippen LogP contribution in [0.4, 0.5) is 13.2 Å². The van der Waals surface area contributed by atoms with Crippen LogP contribution in [-0.4, -0.2) is 12.8 Å². The van der Waals surface area contributed by atoms with Crippen molar-refractivity contribution < 1.29 is 17.9 Å². The molecule has 0 fully saturated rings. The summed E-state index contributed by atoms with van der Waals surface area (Å²) in [6, 6.07) is 16.7. The number of thiophene rings is 1. The molecule has 0 aliphatic heterocycles. The summed E-state index contributed by atoms with van der Waals surface area (Å²) in [6.07, 6.45) is -4.35. The van der Waals surface area contributed by atoms with Gasteiger partial charge in [0.2, 0.25) is 0 Å². The highest BCUT2D eigenvalue weighted by Gasteiger charge is 2.30. The normalized spacial score (nSPS) is 12.7. The monoisotopic (exact) mass is 479 g/mol. The first-order valence-corrected chi connectivity index (χ1v) is 11.1. The predicted molar refractivity (Wildman–Crippen MR) is 119 cm³/mol. The fourth-order valence-corrected chi connectivity index (χ4v) is 6.59. The van der Waals surface area contributed by atoms with Crippen LogP contribution in [0.2, 0.25) is 0 Å². The van der Waals surface area contributed by atoms with Crippen molar-refractivity contribution in [2.24, 2.45) is 0 Å². The molecule has 4 rings (SSSR count). The number of hydrogen-bond donors (Lipinski definition) is 0. The first kappa shape index (κ1) is 20.2. The van der Waals surface area contributed by atoms with Crippen LogP contribution in [0.25, 0.3) is 25.1 Å². The quantitative estimate of drug-likeness (QED) is 0.268. The standard InChI is InChI=1S/C23H19BrF3OS/c1-13-4-6-20-18(8-13)19-11-16(24)5-7-21(19)29(20)17-9-14(2)22(15(3)10-17)28-12-23(25,26)27/h4-11H,12H2,1-3H3/q+1. The van der Waals surface area contributed by atoms with E-state index in [2.05, 4.69) is 53.2 Å². The van der Waals surface area contributed by atoms with Crippen molar-refractivity contribution in [1.29, 1.82) is 0 Å². The Hall–Kier alpha value is -2.05. The van der Waals surface area contributed by atoms with Crippen molar-refractivity contribution in [2.75, 3.05) is 6.61 Å². The number of benzene rings is 3. The van der Waals surface area contributed by atoms with Gasteiger partial charge < -0.3 is 4.74 Å². The smallest absolute Gasteiger partial charge is 0.422 e. The van der Waals surface area contributed by atoms with Gasteiger partial charge in [0.1, 0.15) is 5.75 Å². The lowest BCUT2D eigenvalue weighted by Crippen LogP contribution is -2.20. The SMILES string of the molecule is Cc1ccc2c(c1)c1cc(Br)ccc1[s+]2-c1cc(C)c(OCC(F)(F)F)c(C)c1. The van der Waals surface area contributed by atoms with Crippen LogP contribution < -0.4 is 4.74 Å². The van der Waals surface area contributed by atoms with Crippen LogP contribution in [-0.2, 0) is 0 Å². The highest BCUT2D eigenvalue weighted by atomic mass is 79.9. The maximum absolute atomic E-state index is 12.6. The Balaban J connectivity index is 1.92. The van der Waals surface area contributed by atoms with Gasteiger partial charge in [-0.3, -0.25) is 0 Å². The zero-order valence-corrected chi connectivity index (χ0v) is 18.6. The molecule has 0 saturated heterocycles. The summed E-state index contributed by atoms with van der Waals surface area (Å²) in [5.41, 5.74) is 2.63. The number of aryl methyl sites for hydroxylation is 3. The van der Waals surface area contributed by atoms with Crippen molar-refractivity contribution in [3.8, 4) is 10.6 Å². The summed E-state index contributed by atoms with van der Waals surface area (Å²) < 4.78 is 46.4. The van der Waals surface area contributed by atoms with Crippen LogP contribution in [0.15, 0.2) is 53.0 Å². The number of alkyl halides is 3. The van der Waals surface area contributed by atoms with Crippen molar-refractivity contribution in [3.05, 3.63) is 69.7 Å². The third-order valence-corrected chi connectivity index (χ3v) is 7.65. The molecule has 1 heterocycles. The lowest BCUT2D eigenvalue weighted by molar-refractivity contribution is -0.153.